The van der Waals surface area contributed by atoms with Crippen LogP contribution in [0.5, 0.6) is 0 Å². The molecule has 0 bridgehead atoms. The third-order valence-corrected chi connectivity index (χ3v) is 6.67. The van der Waals surface area contributed by atoms with Crippen LogP contribution >= 0.6 is 11.3 Å². The van der Waals surface area contributed by atoms with Crippen molar-refractivity contribution in [2.45, 2.75) is 42.0 Å². The Kier molecular flexibility index (Phi) is 3.87. The molecule has 0 radical (unpaired) electrons. The monoisotopic (exact) mass is 274 g/mol. The fourth-order valence-corrected chi connectivity index (χ4v) is 4.81. The first-order chi connectivity index (χ1) is 8.01. The average molecular weight is 274 g/mol. The molecular formula is C11H18N2O2S2. The third kappa shape index (κ3) is 2.70. The van der Waals surface area contributed by atoms with E-state index >= 15 is 0 Å². The highest BCUT2D eigenvalue weighted by Crippen LogP contribution is 2.27. The minimum atomic E-state index is -3.30. The van der Waals surface area contributed by atoms with Crippen LogP contribution in [-0.4, -0.2) is 31.9 Å². The van der Waals surface area contributed by atoms with Gasteiger partial charge in [0.25, 0.3) is 10.0 Å². The Bertz CT molecular complexity index is 448. The SMILES string of the molecule is CN(C1CCC(N)CC1)S(=O)(=O)c1cccs1. The molecule has 1 aliphatic rings. The zero-order chi connectivity index (χ0) is 12.5. The van der Waals surface area contributed by atoms with Crippen molar-refractivity contribution in [1.82, 2.24) is 4.31 Å². The van der Waals surface area contributed by atoms with Crippen LogP contribution in [0.3, 0.4) is 0 Å². The summed E-state index contributed by atoms with van der Waals surface area (Å²) in [7, 11) is -1.62. The summed E-state index contributed by atoms with van der Waals surface area (Å²) in [5, 5.41) is 1.79. The fraction of sp³-hybridized carbons (Fsp3) is 0.636. The standard InChI is InChI=1S/C11H18N2O2S2/c1-13(10-6-4-9(12)5-7-10)17(14,15)11-3-2-8-16-11/h2-3,8-10H,4-7,12H2,1H3. The van der Waals surface area contributed by atoms with Gasteiger partial charge in [0.15, 0.2) is 0 Å². The molecule has 0 atom stereocenters. The molecule has 0 aliphatic heterocycles. The predicted octanol–water partition coefficient (Wildman–Crippen LogP) is 1.64. The summed E-state index contributed by atoms with van der Waals surface area (Å²) < 4.78 is 26.5. The summed E-state index contributed by atoms with van der Waals surface area (Å²) >= 11 is 1.27. The first-order valence-electron chi connectivity index (χ1n) is 5.79. The van der Waals surface area contributed by atoms with E-state index in [9.17, 15) is 8.42 Å². The zero-order valence-corrected chi connectivity index (χ0v) is 11.5. The summed E-state index contributed by atoms with van der Waals surface area (Å²) in [5.74, 6) is 0. The molecule has 1 aliphatic carbocycles. The van der Waals surface area contributed by atoms with E-state index in [0.29, 0.717) is 4.21 Å². The van der Waals surface area contributed by atoms with Gasteiger partial charge in [0.2, 0.25) is 0 Å². The Morgan fingerprint density at radius 1 is 1.35 bits per heavy atom. The Balaban J connectivity index is 2.12. The van der Waals surface area contributed by atoms with Crippen molar-refractivity contribution in [3.63, 3.8) is 0 Å². The Hall–Kier alpha value is -0.430. The van der Waals surface area contributed by atoms with E-state index in [2.05, 4.69) is 0 Å². The van der Waals surface area contributed by atoms with Gasteiger partial charge in [0, 0.05) is 19.1 Å². The van der Waals surface area contributed by atoms with Gasteiger partial charge in [-0.25, -0.2) is 8.42 Å². The van der Waals surface area contributed by atoms with Crippen molar-refractivity contribution < 1.29 is 8.42 Å². The first kappa shape index (κ1) is 13.0. The number of thiophene rings is 1. The first-order valence-corrected chi connectivity index (χ1v) is 8.11. The van der Waals surface area contributed by atoms with Gasteiger partial charge in [-0.2, -0.15) is 4.31 Å². The predicted molar refractivity (Wildman–Crippen MR) is 69.5 cm³/mol. The van der Waals surface area contributed by atoms with Crippen LogP contribution in [0, 0.1) is 0 Å². The number of sulfonamides is 1. The van der Waals surface area contributed by atoms with E-state index in [1.54, 1.807) is 24.6 Å². The van der Waals surface area contributed by atoms with Gasteiger partial charge >= 0.3 is 0 Å². The van der Waals surface area contributed by atoms with E-state index in [4.69, 9.17) is 5.73 Å². The molecular weight excluding hydrogens is 256 g/mol. The molecule has 0 amide bonds. The zero-order valence-electron chi connectivity index (χ0n) is 9.87. The number of hydrogen-bond acceptors (Lipinski definition) is 4. The van der Waals surface area contributed by atoms with Crippen molar-refractivity contribution in [2.24, 2.45) is 5.73 Å². The van der Waals surface area contributed by atoms with Gasteiger partial charge in [-0.05, 0) is 37.1 Å². The van der Waals surface area contributed by atoms with Crippen LogP contribution in [0.2, 0.25) is 0 Å². The maximum Gasteiger partial charge on any atom is 0.252 e. The van der Waals surface area contributed by atoms with Gasteiger partial charge in [-0.15, -0.1) is 11.3 Å². The highest BCUT2D eigenvalue weighted by atomic mass is 32.2. The van der Waals surface area contributed by atoms with Gasteiger partial charge in [0.05, 0.1) is 0 Å². The molecule has 0 unspecified atom stereocenters. The van der Waals surface area contributed by atoms with Crippen LogP contribution in [0.4, 0.5) is 0 Å². The van der Waals surface area contributed by atoms with Crippen LogP contribution < -0.4 is 5.73 Å². The highest BCUT2D eigenvalue weighted by molar-refractivity contribution is 7.91. The van der Waals surface area contributed by atoms with Crippen molar-refractivity contribution in [3.05, 3.63) is 17.5 Å². The quantitative estimate of drug-likeness (QED) is 0.911. The lowest BCUT2D eigenvalue weighted by Crippen LogP contribution is -2.41. The molecule has 96 valence electrons. The van der Waals surface area contributed by atoms with E-state index in [1.807, 2.05) is 0 Å². The molecule has 0 saturated heterocycles. The minimum absolute atomic E-state index is 0.0990. The van der Waals surface area contributed by atoms with Crippen LogP contribution in [0.1, 0.15) is 25.7 Å². The normalized spacial score (nSPS) is 26.3. The second-order valence-electron chi connectivity index (χ2n) is 4.52. The van der Waals surface area contributed by atoms with Crippen LogP contribution in [0.25, 0.3) is 0 Å². The van der Waals surface area contributed by atoms with Crippen molar-refractivity contribution >= 4 is 21.4 Å². The molecule has 0 aromatic carbocycles. The minimum Gasteiger partial charge on any atom is -0.328 e. The largest absolute Gasteiger partial charge is 0.328 e. The van der Waals surface area contributed by atoms with E-state index in [-0.39, 0.29) is 12.1 Å². The summed E-state index contributed by atoms with van der Waals surface area (Å²) in [6.45, 7) is 0. The fourth-order valence-electron chi connectivity index (χ4n) is 2.21. The van der Waals surface area contributed by atoms with Gasteiger partial charge in [0.1, 0.15) is 4.21 Å². The van der Waals surface area contributed by atoms with Gasteiger partial charge in [-0.1, -0.05) is 6.07 Å². The number of rotatable bonds is 3. The number of hydrogen-bond donors (Lipinski definition) is 1. The summed E-state index contributed by atoms with van der Waals surface area (Å²) in [6.07, 6.45) is 3.55. The Morgan fingerprint density at radius 2 is 2.00 bits per heavy atom. The van der Waals surface area contributed by atoms with Crippen molar-refractivity contribution in [1.29, 1.82) is 0 Å². The molecule has 1 saturated carbocycles. The third-order valence-electron chi connectivity index (χ3n) is 3.38. The number of nitrogens with two attached hydrogens (primary N) is 1. The maximum atomic E-state index is 12.3. The lowest BCUT2D eigenvalue weighted by Gasteiger charge is -2.32. The van der Waals surface area contributed by atoms with E-state index in [0.717, 1.165) is 25.7 Å². The van der Waals surface area contributed by atoms with Crippen LogP contribution in [-0.2, 0) is 10.0 Å². The molecule has 2 N–H and O–H groups in total. The molecule has 1 heterocycles. The lowest BCUT2D eigenvalue weighted by atomic mass is 9.92. The maximum absolute atomic E-state index is 12.3. The summed E-state index contributed by atoms with van der Waals surface area (Å²) in [6, 6.07) is 3.76. The van der Waals surface area contributed by atoms with Crippen molar-refractivity contribution in [3.8, 4) is 0 Å². The molecule has 1 aromatic heterocycles. The lowest BCUT2D eigenvalue weighted by molar-refractivity contribution is 0.269. The number of nitrogens with zero attached hydrogens (tertiary/aromatic N) is 1. The Labute approximate surface area is 106 Å². The van der Waals surface area contributed by atoms with E-state index in [1.165, 1.54) is 15.6 Å². The topological polar surface area (TPSA) is 63.4 Å². The van der Waals surface area contributed by atoms with E-state index < -0.39 is 10.0 Å². The molecule has 2 rings (SSSR count). The summed E-state index contributed by atoms with van der Waals surface area (Å²) in [5.41, 5.74) is 5.83. The molecule has 1 aromatic rings. The Morgan fingerprint density at radius 3 is 2.53 bits per heavy atom. The summed E-state index contributed by atoms with van der Waals surface area (Å²) in [4.78, 5) is 0. The molecule has 1 fully saturated rings. The van der Waals surface area contributed by atoms with Crippen molar-refractivity contribution in [2.75, 3.05) is 7.05 Å². The van der Waals surface area contributed by atoms with Crippen LogP contribution in [0.15, 0.2) is 21.7 Å². The second-order valence-corrected chi connectivity index (χ2v) is 7.69. The molecule has 0 spiro atoms. The van der Waals surface area contributed by atoms with Gasteiger partial charge in [-0.3, -0.25) is 0 Å². The molecule has 6 heteroatoms. The molecule has 4 nitrogen and oxygen atoms in total. The van der Waals surface area contributed by atoms with Gasteiger partial charge < -0.3 is 5.73 Å². The second kappa shape index (κ2) is 5.06. The molecule has 17 heavy (non-hydrogen) atoms. The smallest absolute Gasteiger partial charge is 0.252 e. The average Bonchev–Trinajstić information content (AvgIpc) is 2.83. The highest BCUT2D eigenvalue weighted by Gasteiger charge is 2.31.